The van der Waals surface area contributed by atoms with Crippen LogP contribution < -0.4 is 10.5 Å². The number of benzene rings is 1. The smallest absolute Gasteiger partial charge is 0.328 e. The molecule has 0 heterocycles. The standard InChI is InChI=1S/C11H13NO3/c1-15-10-5-3-2-4-8(10)9(12)6-7-11(13)14/h2-7,9H,12H2,1H3,(H,13,14)/b7-6+. The van der Waals surface area contributed by atoms with Gasteiger partial charge in [-0.05, 0) is 6.07 Å². The molecule has 0 saturated heterocycles. The molecule has 0 radical (unpaired) electrons. The van der Waals surface area contributed by atoms with E-state index in [0.717, 1.165) is 11.6 Å². The predicted octanol–water partition coefficient (Wildman–Crippen LogP) is 1.34. The third-order valence-corrected chi connectivity index (χ3v) is 1.94. The Labute approximate surface area is 88.0 Å². The molecule has 0 aliphatic rings. The van der Waals surface area contributed by atoms with E-state index in [0.29, 0.717) is 5.75 Å². The topological polar surface area (TPSA) is 72.5 Å². The average molecular weight is 207 g/mol. The van der Waals surface area contributed by atoms with E-state index < -0.39 is 12.0 Å². The SMILES string of the molecule is COc1ccccc1C(N)/C=C/C(=O)O. The van der Waals surface area contributed by atoms with Gasteiger partial charge in [0.15, 0.2) is 0 Å². The van der Waals surface area contributed by atoms with Gasteiger partial charge in [-0.2, -0.15) is 0 Å². The van der Waals surface area contributed by atoms with Crippen LogP contribution in [0.5, 0.6) is 5.75 Å². The van der Waals surface area contributed by atoms with E-state index >= 15 is 0 Å². The molecule has 1 atom stereocenters. The zero-order valence-corrected chi connectivity index (χ0v) is 8.38. The van der Waals surface area contributed by atoms with Crippen molar-refractivity contribution < 1.29 is 14.6 Å². The molecular formula is C11H13NO3. The first-order valence-electron chi connectivity index (χ1n) is 4.44. The van der Waals surface area contributed by atoms with Crippen LogP contribution in [0.25, 0.3) is 0 Å². The lowest BCUT2D eigenvalue weighted by Gasteiger charge is -2.11. The molecule has 0 aromatic heterocycles. The minimum atomic E-state index is -1.01. The zero-order chi connectivity index (χ0) is 11.3. The van der Waals surface area contributed by atoms with E-state index in [9.17, 15) is 4.79 Å². The lowest BCUT2D eigenvalue weighted by molar-refractivity contribution is -0.131. The molecule has 15 heavy (non-hydrogen) atoms. The maximum Gasteiger partial charge on any atom is 0.328 e. The average Bonchev–Trinajstić information content (AvgIpc) is 2.25. The molecule has 3 N–H and O–H groups in total. The zero-order valence-electron chi connectivity index (χ0n) is 8.38. The first-order valence-corrected chi connectivity index (χ1v) is 4.44. The van der Waals surface area contributed by atoms with Gasteiger partial charge in [0.1, 0.15) is 5.75 Å². The highest BCUT2D eigenvalue weighted by Gasteiger charge is 2.07. The lowest BCUT2D eigenvalue weighted by atomic mass is 10.1. The highest BCUT2D eigenvalue weighted by Crippen LogP contribution is 2.23. The van der Waals surface area contributed by atoms with Crippen molar-refractivity contribution in [3.8, 4) is 5.75 Å². The maximum absolute atomic E-state index is 10.3. The van der Waals surface area contributed by atoms with Gasteiger partial charge < -0.3 is 15.6 Å². The number of hydrogen-bond donors (Lipinski definition) is 2. The molecule has 0 bridgehead atoms. The molecule has 4 nitrogen and oxygen atoms in total. The van der Waals surface area contributed by atoms with Crippen molar-refractivity contribution in [1.29, 1.82) is 0 Å². The first-order chi connectivity index (χ1) is 7.15. The molecule has 0 spiro atoms. The molecule has 1 unspecified atom stereocenters. The van der Waals surface area contributed by atoms with E-state index in [1.807, 2.05) is 12.1 Å². The number of nitrogens with two attached hydrogens (primary N) is 1. The summed E-state index contributed by atoms with van der Waals surface area (Å²) in [4.78, 5) is 10.3. The van der Waals surface area contributed by atoms with Crippen molar-refractivity contribution in [3.63, 3.8) is 0 Å². The molecule has 0 fully saturated rings. The predicted molar refractivity (Wildman–Crippen MR) is 56.7 cm³/mol. The lowest BCUT2D eigenvalue weighted by Crippen LogP contribution is -2.09. The second-order valence-corrected chi connectivity index (χ2v) is 2.97. The van der Waals surface area contributed by atoms with E-state index in [1.165, 1.54) is 6.08 Å². The van der Waals surface area contributed by atoms with Gasteiger partial charge in [-0.3, -0.25) is 0 Å². The number of carbonyl (C=O) groups is 1. The number of aliphatic carboxylic acids is 1. The van der Waals surface area contributed by atoms with Gasteiger partial charge in [-0.25, -0.2) is 4.79 Å². The Kier molecular flexibility index (Phi) is 3.88. The van der Waals surface area contributed by atoms with Gasteiger partial charge in [-0.1, -0.05) is 24.3 Å². The molecule has 1 rings (SSSR count). The largest absolute Gasteiger partial charge is 0.496 e. The molecule has 0 saturated carbocycles. The Morgan fingerprint density at radius 1 is 1.53 bits per heavy atom. The summed E-state index contributed by atoms with van der Waals surface area (Å²) in [5.74, 6) is -0.361. The van der Waals surface area contributed by atoms with Crippen molar-refractivity contribution in [3.05, 3.63) is 42.0 Å². The van der Waals surface area contributed by atoms with Crippen molar-refractivity contribution in [1.82, 2.24) is 0 Å². The maximum atomic E-state index is 10.3. The summed E-state index contributed by atoms with van der Waals surface area (Å²) in [6.07, 6.45) is 2.44. The summed E-state index contributed by atoms with van der Waals surface area (Å²) >= 11 is 0. The van der Waals surface area contributed by atoms with Crippen molar-refractivity contribution in [2.24, 2.45) is 5.73 Å². The fourth-order valence-corrected chi connectivity index (χ4v) is 1.23. The van der Waals surface area contributed by atoms with E-state index in [4.69, 9.17) is 15.6 Å². The second kappa shape index (κ2) is 5.17. The van der Waals surface area contributed by atoms with Crippen LogP contribution in [0.4, 0.5) is 0 Å². The van der Waals surface area contributed by atoms with Gasteiger partial charge in [0.2, 0.25) is 0 Å². The summed E-state index contributed by atoms with van der Waals surface area (Å²) in [6, 6.07) is 6.76. The molecule has 0 amide bonds. The van der Waals surface area contributed by atoms with Gasteiger partial charge in [0.25, 0.3) is 0 Å². The molecule has 4 heteroatoms. The highest BCUT2D eigenvalue weighted by atomic mass is 16.5. The third-order valence-electron chi connectivity index (χ3n) is 1.94. The Hall–Kier alpha value is -1.81. The summed E-state index contributed by atoms with van der Waals surface area (Å²) in [6.45, 7) is 0. The van der Waals surface area contributed by atoms with E-state index in [2.05, 4.69) is 0 Å². The van der Waals surface area contributed by atoms with E-state index in [1.54, 1.807) is 19.2 Å². The van der Waals surface area contributed by atoms with Gasteiger partial charge >= 0.3 is 5.97 Å². The fourth-order valence-electron chi connectivity index (χ4n) is 1.23. The van der Waals surface area contributed by atoms with Crippen molar-refractivity contribution in [2.75, 3.05) is 7.11 Å². The number of methoxy groups -OCH3 is 1. The minimum absolute atomic E-state index is 0.475. The molecule has 0 aliphatic heterocycles. The molecule has 80 valence electrons. The number of carboxylic acids is 1. The normalized spacial score (nSPS) is 12.7. The molecule has 1 aromatic rings. The number of para-hydroxylation sites is 1. The van der Waals surface area contributed by atoms with Crippen LogP contribution in [0.1, 0.15) is 11.6 Å². The second-order valence-electron chi connectivity index (χ2n) is 2.97. The fraction of sp³-hybridized carbons (Fsp3) is 0.182. The summed E-state index contributed by atoms with van der Waals surface area (Å²) in [5.41, 5.74) is 6.55. The van der Waals surface area contributed by atoms with Crippen LogP contribution in [-0.2, 0) is 4.79 Å². The Bertz CT molecular complexity index is 374. The number of hydrogen-bond acceptors (Lipinski definition) is 3. The van der Waals surface area contributed by atoms with Crippen molar-refractivity contribution in [2.45, 2.75) is 6.04 Å². The minimum Gasteiger partial charge on any atom is -0.496 e. The van der Waals surface area contributed by atoms with Crippen LogP contribution in [0.2, 0.25) is 0 Å². The molecular weight excluding hydrogens is 194 g/mol. The summed E-state index contributed by atoms with van der Waals surface area (Å²) in [5, 5.41) is 8.46. The van der Waals surface area contributed by atoms with Crippen molar-refractivity contribution >= 4 is 5.97 Å². The van der Waals surface area contributed by atoms with Gasteiger partial charge in [0.05, 0.1) is 13.2 Å². The Morgan fingerprint density at radius 2 is 2.20 bits per heavy atom. The van der Waals surface area contributed by atoms with Crippen LogP contribution in [-0.4, -0.2) is 18.2 Å². The third kappa shape index (κ3) is 3.11. The molecule has 1 aromatic carbocycles. The molecule has 0 aliphatic carbocycles. The van der Waals surface area contributed by atoms with E-state index in [-0.39, 0.29) is 0 Å². The monoisotopic (exact) mass is 207 g/mol. The van der Waals surface area contributed by atoms with Gasteiger partial charge in [0, 0.05) is 11.6 Å². The summed E-state index contributed by atoms with van der Waals surface area (Å²) in [7, 11) is 1.55. The van der Waals surface area contributed by atoms with Crippen LogP contribution in [0.15, 0.2) is 36.4 Å². The highest BCUT2D eigenvalue weighted by molar-refractivity contribution is 5.79. The van der Waals surface area contributed by atoms with Crippen LogP contribution >= 0.6 is 0 Å². The van der Waals surface area contributed by atoms with Crippen LogP contribution in [0.3, 0.4) is 0 Å². The van der Waals surface area contributed by atoms with Gasteiger partial charge in [-0.15, -0.1) is 0 Å². The first kappa shape index (κ1) is 11.3. The quantitative estimate of drug-likeness (QED) is 0.731. The number of ether oxygens (including phenoxy) is 1. The number of rotatable bonds is 4. The Morgan fingerprint density at radius 3 is 2.80 bits per heavy atom. The Balaban J connectivity index is 2.90. The summed E-state index contributed by atoms with van der Waals surface area (Å²) < 4.78 is 5.11. The number of carboxylic acid groups (broad SMARTS) is 1. The van der Waals surface area contributed by atoms with Crippen LogP contribution in [0, 0.1) is 0 Å².